The molecule has 0 fully saturated rings. The normalized spacial score (nSPS) is 14.8. The summed E-state index contributed by atoms with van der Waals surface area (Å²) >= 11 is 1.95. The molecule has 5 heteroatoms. The summed E-state index contributed by atoms with van der Waals surface area (Å²) in [5.41, 5.74) is 14.9. The highest BCUT2D eigenvalue weighted by Crippen LogP contribution is 2.52. The predicted octanol–water partition coefficient (Wildman–Crippen LogP) is 10.9. The molecule has 292 valence electrons. The number of thiophene rings is 1. The van der Waals surface area contributed by atoms with Crippen molar-refractivity contribution < 1.29 is 0 Å². The van der Waals surface area contributed by atoms with E-state index in [1.54, 1.807) is 0 Å². The zero-order valence-corrected chi connectivity index (χ0v) is 37.3. The molecule has 2 nitrogen and oxygen atoms in total. The van der Waals surface area contributed by atoms with Gasteiger partial charge in [-0.25, -0.2) is 0 Å². The summed E-state index contributed by atoms with van der Waals surface area (Å²) in [4.78, 5) is 2.70. The zero-order valence-electron chi connectivity index (χ0n) is 35.5. The Morgan fingerprint density at radius 3 is 1.92 bits per heavy atom. The van der Waals surface area contributed by atoms with Gasteiger partial charge in [0.25, 0.3) is 0 Å². The molecule has 0 aliphatic carbocycles. The van der Waals surface area contributed by atoms with Gasteiger partial charge >= 0.3 is 6.85 Å². The molecule has 0 unspecified atom stereocenters. The van der Waals surface area contributed by atoms with Gasteiger partial charge in [0.15, 0.2) is 8.07 Å². The minimum atomic E-state index is -2.85. The van der Waals surface area contributed by atoms with E-state index in [2.05, 4.69) is 215 Å². The Bertz CT molecular complexity index is 3470. The first-order chi connectivity index (χ1) is 29.5. The number of fused-ring (bicyclic) bond motifs is 13. The molecular weight excluding hydrogens is 772 g/mol. The minimum Gasteiger partial charge on any atom is -0.375 e. The van der Waals surface area contributed by atoms with Crippen molar-refractivity contribution in [2.45, 2.75) is 52.4 Å². The van der Waals surface area contributed by atoms with E-state index in [0.717, 1.165) is 0 Å². The van der Waals surface area contributed by atoms with Gasteiger partial charge in [-0.15, -0.1) is 11.3 Å². The number of benzene rings is 8. The summed E-state index contributed by atoms with van der Waals surface area (Å²) in [5, 5.41) is 11.2. The van der Waals surface area contributed by atoms with E-state index in [0.29, 0.717) is 0 Å². The average molecular weight is 817 g/mol. The van der Waals surface area contributed by atoms with E-state index in [1.807, 2.05) is 11.3 Å². The first-order valence-electron chi connectivity index (χ1n) is 21.8. The molecular formula is C56H45BN2SSi. The third-order valence-electron chi connectivity index (χ3n) is 14.3. The molecule has 3 aliphatic rings. The molecule has 3 aliphatic heterocycles. The van der Waals surface area contributed by atoms with Crippen LogP contribution in [-0.2, 0) is 10.8 Å². The molecule has 13 rings (SSSR count). The molecule has 0 amide bonds. The lowest BCUT2D eigenvalue weighted by Crippen LogP contribution is -2.78. The van der Waals surface area contributed by atoms with Crippen LogP contribution in [0.4, 0.5) is 17.1 Å². The number of aromatic nitrogens is 1. The molecule has 0 bridgehead atoms. The van der Waals surface area contributed by atoms with Crippen molar-refractivity contribution in [1.29, 1.82) is 0 Å². The Kier molecular flexibility index (Phi) is 7.02. The average Bonchev–Trinajstić information content (AvgIpc) is 3.81. The van der Waals surface area contributed by atoms with Crippen molar-refractivity contribution in [3.8, 4) is 11.1 Å². The topological polar surface area (TPSA) is 8.17 Å². The second-order valence-corrected chi connectivity index (χ2v) is 24.5. The van der Waals surface area contributed by atoms with Crippen molar-refractivity contribution in [1.82, 2.24) is 4.48 Å². The summed E-state index contributed by atoms with van der Waals surface area (Å²) in [6.07, 6.45) is 0. The van der Waals surface area contributed by atoms with Crippen molar-refractivity contribution in [2.24, 2.45) is 0 Å². The minimum absolute atomic E-state index is 0.0191. The molecule has 0 N–H and O–H groups in total. The van der Waals surface area contributed by atoms with Gasteiger partial charge in [0.05, 0.1) is 0 Å². The molecule has 0 saturated heterocycles. The maximum Gasteiger partial charge on any atom is 0.333 e. The van der Waals surface area contributed by atoms with Gasteiger partial charge in [0, 0.05) is 64.6 Å². The maximum atomic E-state index is 2.77. The molecule has 0 spiro atoms. The Morgan fingerprint density at radius 1 is 0.525 bits per heavy atom. The second-order valence-electron chi connectivity index (χ2n) is 19.7. The predicted molar refractivity (Wildman–Crippen MR) is 267 cm³/mol. The van der Waals surface area contributed by atoms with Gasteiger partial charge in [-0.1, -0.05) is 163 Å². The van der Waals surface area contributed by atoms with E-state index in [1.165, 1.54) is 113 Å². The third-order valence-corrected chi connectivity index (χ3v) is 20.3. The number of hydrogen-bond donors (Lipinski definition) is 0. The standard InChI is InChI=1S/C56H45BN2SSi/c1-55(2,3)34-28-29-43-39(30-34)40-31-35(56(4,5)6)32-41-51-50-38-22-13-15-25-46(38)60-47(50)33-45-52(51)57(59(43)53(40)41)42-23-17-27-49-54(42)58(45)44-24-14-16-26-48(44)61(49,36-18-9-7-10-19-36)37-20-11-8-12-21-37/h7-33H,1-6H3. The van der Waals surface area contributed by atoms with E-state index < -0.39 is 8.07 Å². The van der Waals surface area contributed by atoms with Crippen LogP contribution >= 0.6 is 11.3 Å². The smallest absolute Gasteiger partial charge is 0.333 e. The van der Waals surface area contributed by atoms with Gasteiger partial charge in [0.1, 0.15) is 0 Å². The Morgan fingerprint density at radius 2 is 1.18 bits per heavy atom. The molecule has 5 heterocycles. The van der Waals surface area contributed by atoms with E-state index in [-0.39, 0.29) is 17.7 Å². The van der Waals surface area contributed by atoms with Crippen molar-refractivity contribution >= 4 is 117 Å². The number of para-hydroxylation sites is 2. The molecule has 8 aromatic carbocycles. The van der Waals surface area contributed by atoms with Gasteiger partial charge in [-0.3, -0.25) is 0 Å². The summed E-state index contributed by atoms with van der Waals surface area (Å²) in [6.45, 7) is 14.1. The van der Waals surface area contributed by atoms with Gasteiger partial charge in [0.2, 0.25) is 0 Å². The largest absolute Gasteiger partial charge is 0.375 e. The lowest BCUT2D eigenvalue weighted by molar-refractivity contribution is 0.590. The zero-order chi connectivity index (χ0) is 41.2. The van der Waals surface area contributed by atoms with Crippen molar-refractivity contribution in [3.63, 3.8) is 0 Å². The Hall–Kier alpha value is -6.14. The monoisotopic (exact) mass is 816 g/mol. The summed E-state index contributed by atoms with van der Waals surface area (Å²) in [7, 11) is -2.85. The second kappa shape index (κ2) is 12.0. The molecule has 0 radical (unpaired) electrons. The van der Waals surface area contributed by atoms with E-state index >= 15 is 0 Å². The quantitative estimate of drug-likeness (QED) is 0.158. The fourth-order valence-electron chi connectivity index (χ4n) is 11.6. The molecule has 61 heavy (non-hydrogen) atoms. The van der Waals surface area contributed by atoms with Gasteiger partial charge in [-0.2, -0.15) is 0 Å². The third kappa shape index (κ3) is 4.53. The first-order valence-corrected chi connectivity index (χ1v) is 24.6. The first kappa shape index (κ1) is 35.6. The molecule has 0 saturated carbocycles. The summed E-state index contributed by atoms with van der Waals surface area (Å²) in [6, 6.07) is 63.8. The van der Waals surface area contributed by atoms with Gasteiger partial charge < -0.3 is 9.38 Å². The van der Waals surface area contributed by atoms with Crippen LogP contribution in [0.1, 0.15) is 52.7 Å². The highest BCUT2D eigenvalue weighted by atomic mass is 32.1. The van der Waals surface area contributed by atoms with E-state index in [4.69, 9.17) is 0 Å². The number of nitrogens with zero attached hydrogens (tertiary/aromatic N) is 2. The van der Waals surface area contributed by atoms with Crippen LogP contribution in [0.25, 0.3) is 53.1 Å². The van der Waals surface area contributed by atoms with Crippen LogP contribution < -0.4 is 36.6 Å². The number of anilines is 3. The Labute approximate surface area is 362 Å². The van der Waals surface area contributed by atoms with E-state index in [9.17, 15) is 0 Å². The Balaban J connectivity index is 1.27. The fourth-order valence-corrected chi connectivity index (χ4v) is 17.9. The highest BCUT2D eigenvalue weighted by molar-refractivity contribution is 7.26. The maximum absolute atomic E-state index is 2.85. The van der Waals surface area contributed by atoms with Gasteiger partial charge in [-0.05, 0) is 102 Å². The lowest BCUT2D eigenvalue weighted by atomic mass is 9.45. The van der Waals surface area contributed by atoms with Crippen LogP contribution in [0.2, 0.25) is 0 Å². The van der Waals surface area contributed by atoms with Crippen molar-refractivity contribution in [2.75, 3.05) is 4.90 Å². The fraction of sp³-hybridized carbons (Fsp3) is 0.143. The summed E-state index contributed by atoms with van der Waals surface area (Å²) < 4.78 is 5.46. The number of hydrogen-bond acceptors (Lipinski definition) is 2. The van der Waals surface area contributed by atoms with Crippen LogP contribution in [-0.4, -0.2) is 19.4 Å². The van der Waals surface area contributed by atoms with Crippen LogP contribution in [0, 0.1) is 0 Å². The molecule has 0 atom stereocenters. The van der Waals surface area contributed by atoms with Crippen LogP contribution in [0.15, 0.2) is 164 Å². The van der Waals surface area contributed by atoms with Crippen molar-refractivity contribution in [3.05, 3.63) is 175 Å². The number of rotatable bonds is 2. The molecule has 2 aromatic heterocycles. The van der Waals surface area contributed by atoms with Crippen LogP contribution in [0.3, 0.4) is 0 Å². The highest BCUT2D eigenvalue weighted by Gasteiger charge is 2.53. The van der Waals surface area contributed by atoms with Crippen LogP contribution in [0.5, 0.6) is 0 Å². The SMILES string of the molecule is CC(C)(C)c1ccc2c(c1)c1cc(C(C)(C)C)cc3c1n2B1c2cccc4c2N(c2ccccc2[Si]4(c2ccccc2)c2ccccc2)c2cc4sc5ccccc5c4c-3c21. The molecule has 10 aromatic rings. The lowest BCUT2D eigenvalue weighted by Gasteiger charge is -2.49. The summed E-state index contributed by atoms with van der Waals surface area (Å²) in [5.74, 6) is 0.